The van der Waals surface area contributed by atoms with E-state index in [1.807, 2.05) is 4.90 Å². The summed E-state index contributed by atoms with van der Waals surface area (Å²) in [6.07, 6.45) is 2.37. The molecule has 2 N–H and O–H groups in total. The summed E-state index contributed by atoms with van der Waals surface area (Å²) in [7, 11) is 0. The number of carbonyl (C=O) groups excluding carboxylic acids is 1. The molecule has 0 radical (unpaired) electrons. The van der Waals surface area contributed by atoms with Crippen LogP contribution in [0.3, 0.4) is 0 Å². The number of hydrogen-bond acceptors (Lipinski definition) is 3. The summed E-state index contributed by atoms with van der Waals surface area (Å²) in [6, 6.07) is 0. The van der Waals surface area contributed by atoms with Crippen molar-refractivity contribution in [3.63, 3.8) is 0 Å². The van der Waals surface area contributed by atoms with Gasteiger partial charge in [0, 0.05) is 26.1 Å². The summed E-state index contributed by atoms with van der Waals surface area (Å²) < 4.78 is 0. The maximum absolute atomic E-state index is 11.4. The minimum absolute atomic E-state index is 0.0195. The van der Waals surface area contributed by atoms with Gasteiger partial charge in [0.05, 0.1) is 0 Å². The van der Waals surface area contributed by atoms with Crippen molar-refractivity contribution in [3.05, 3.63) is 0 Å². The first-order valence-corrected chi connectivity index (χ1v) is 5.80. The molecule has 0 aromatic carbocycles. The summed E-state index contributed by atoms with van der Waals surface area (Å²) in [6.45, 7) is 3.52. The van der Waals surface area contributed by atoms with Crippen molar-refractivity contribution < 1.29 is 14.7 Å². The van der Waals surface area contributed by atoms with Crippen molar-refractivity contribution in [1.82, 2.24) is 10.2 Å². The molecule has 0 bridgehead atoms. The van der Waals surface area contributed by atoms with Crippen molar-refractivity contribution in [2.45, 2.75) is 31.7 Å². The van der Waals surface area contributed by atoms with Crippen LogP contribution in [0.5, 0.6) is 0 Å². The molecular formula is C11H18N2O3. The molecule has 2 aliphatic rings. The molecular weight excluding hydrogens is 208 g/mol. The molecule has 1 saturated carbocycles. The minimum atomic E-state index is -0.785. The zero-order valence-electron chi connectivity index (χ0n) is 9.53. The predicted molar refractivity (Wildman–Crippen MR) is 58.0 cm³/mol. The lowest BCUT2D eigenvalue weighted by Gasteiger charge is -2.37. The number of aliphatic carboxylic acids is 1. The second-order valence-electron chi connectivity index (χ2n) is 4.81. The molecule has 1 saturated heterocycles. The van der Waals surface area contributed by atoms with Gasteiger partial charge in [0.25, 0.3) is 0 Å². The van der Waals surface area contributed by atoms with E-state index in [-0.39, 0.29) is 11.8 Å². The van der Waals surface area contributed by atoms with Crippen LogP contribution in [0.25, 0.3) is 0 Å². The highest BCUT2D eigenvalue weighted by Gasteiger charge is 2.51. The van der Waals surface area contributed by atoms with Crippen LogP contribution in [0.2, 0.25) is 0 Å². The van der Waals surface area contributed by atoms with Gasteiger partial charge < -0.3 is 10.4 Å². The fourth-order valence-electron chi connectivity index (χ4n) is 2.45. The largest absolute Gasteiger partial charge is 0.480 e. The SMILES string of the molecule is CC(C(=O)O)(C1CC1)N1CCNC(=O)CC1. The molecule has 0 aromatic rings. The van der Waals surface area contributed by atoms with E-state index in [9.17, 15) is 14.7 Å². The van der Waals surface area contributed by atoms with Crippen LogP contribution in [0, 0.1) is 5.92 Å². The van der Waals surface area contributed by atoms with Crippen LogP contribution in [-0.4, -0.2) is 47.1 Å². The van der Waals surface area contributed by atoms with E-state index < -0.39 is 11.5 Å². The zero-order valence-corrected chi connectivity index (χ0v) is 9.53. The molecule has 1 heterocycles. The molecule has 1 unspecified atom stereocenters. The number of nitrogens with one attached hydrogen (secondary N) is 1. The summed E-state index contributed by atoms with van der Waals surface area (Å²) in [5, 5.41) is 12.2. The van der Waals surface area contributed by atoms with E-state index in [2.05, 4.69) is 5.32 Å². The number of hydrogen-bond donors (Lipinski definition) is 2. The predicted octanol–water partition coefficient (Wildman–Crippen LogP) is 0.0616. The van der Waals surface area contributed by atoms with Gasteiger partial charge in [0.2, 0.25) is 5.91 Å². The summed E-state index contributed by atoms with van der Waals surface area (Å²) >= 11 is 0. The average molecular weight is 226 g/mol. The standard InChI is InChI=1S/C11H18N2O3/c1-11(10(15)16,8-2-3-8)13-6-4-9(14)12-5-7-13/h8H,2-7H2,1H3,(H,12,14)(H,15,16). The van der Waals surface area contributed by atoms with Crippen molar-refractivity contribution in [3.8, 4) is 0 Å². The minimum Gasteiger partial charge on any atom is -0.480 e. The Morgan fingerprint density at radius 1 is 1.50 bits per heavy atom. The highest BCUT2D eigenvalue weighted by Crippen LogP contribution is 2.43. The van der Waals surface area contributed by atoms with Crippen molar-refractivity contribution in [2.75, 3.05) is 19.6 Å². The smallest absolute Gasteiger partial charge is 0.324 e. The number of carboxylic acids is 1. The van der Waals surface area contributed by atoms with Crippen LogP contribution in [0.1, 0.15) is 26.2 Å². The fraction of sp³-hybridized carbons (Fsp3) is 0.818. The molecule has 1 aliphatic heterocycles. The van der Waals surface area contributed by atoms with Crippen molar-refractivity contribution >= 4 is 11.9 Å². The van der Waals surface area contributed by atoms with Gasteiger partial charge in [-0.25, -0.2) is 0 Å². The first-order chi connectivity index (χ1) is 7.55. The van der Waals surface area contributed by atoms with Crippen LogP contribution in [0.4, 0.5) is 0 Å². The molecule has 1 atom stereocenters. The van der Waals surface area contributed by atoms with E-state index in [4.69, 9.17) is 0 Å². The quantitative estimate of drug-likeness (QED) is 0.714. The third-order valence-corrected chi connectivity index (χ3v) is 3.77. The van der Waals surface area contributed by atoms with Gasteiger partial charge >= 0.3 is 5.97 Å². The van der Waals surface area contributed by atoms with Gasteiger partial charge in [-0.2, -0.15) is 0 Å². The maximum atomic E-state index is 11.4. The van der Waals surface area contributed by atoms with Gasteiger partial charge in [-0.15, -0.1) is 0 Å². The molecule has 5 nitrogen and oxygen atoms in total. The Hall–Kier alpha value is -1.10. The summed E-state index contributed by atoms with van der Waals surface area (Å²) in [5.74, 6) is -0.492. The highest BCUT2D eigenvalue weighted by atomic mass is 16.4. The van der Waals surface area contributed by atoms with Gasteiger partial charge in [-0.3, -0.25) is 14.5 Å². The van der Waals surface area contributed by atoms with Gasteiger partial charge in [0.15, 0.2) is 0 Å². The third kappa shape index (κ3) is 1.91. The molecule has 1 amide bonds. The number of rotatable bonds is 3. The monoisotopic (exact) mass is 226 g/mol. The lowest BCUT2D eigenvalue weighted by atomic mass is 9.93. The Labute approximate surface area is 94.8 Å². The van der Waals surface area contributed by atoms with Gasteiger partial charge in [-0.05, 0) is 25.7 Å². The Kier molecular flexibility index (Phi) is 2.88. The molecule has 2 fully saturated rings. The van der Waals surface area contributed by atoms with Crippen LogP contribution < -0.4 is 5.32 Å². The maximum Gasteiger partial charge on any atom is 0.324 e. The average Bonchev–Trinajstić information content (AvgIpc) is 3.02. The third-order valence-electron chi connectivity index (χ3n) is 3.77. The van der Waals surface area contributed by atoms with E-state index in [0.29, 0.717) is 26.1 Å². The summed E-state index contributed by atoms with van der Waals surface area (Å²) in [4.78, 5) is 24.6. The van der Waals surface area contributed by atoms with Gasteiger partial charge in [0.1, 0.15) is 5.54 Å². The molecule has 5 heteroatoms. The van der Waals surface area contributed by atoms with Crippen LogP contribution in [-0.2, 0) is 9.59 Å². The Balaban J connectivity index is 2.13. The fourth-order valence-corrected chi connectivity index (χ4v) is 2.45. The van der Waals surface area contributed by atoms with E-state index in [1.54, 1.807) is 6.92 Å². The Morgan fingerprint density at radius 3 is 2.75 bits per heavy atom. The molecule has 1 aliphatic carbocycles. The summed E-state index contributed by atoms with van der Waals surface area (Å²) in [5.41, 5.74) is -0.785. The molecule has 16 heavy (non-hydrogen) atoms. The number of carboxylic acid groups (broad SMARTS) is 1. The second kappa shape index (κ2) is 4.05. The number of carbonyl (C=O) groups is 2. The molecule has 2 rings (SSSR count). The molecule has 90 valence electrons. The van der Waals surface area contributed by atoms with Crippen molar-refractivity contribution in [1.29, 1.82) is 0 Å². The topological polar surface area (TPSA) is 69.6 Å². The number of amides is 1. The van der Waals surface area contributed by atoms with E-state index in [0.717, 1.165) is 12.8 Å². The number of nitrogens with zero attached hydrogens (tertiary/aromatic N) is 1. The van der Waals surface area contributed by atoms with Gasteiger partial charge in [-0.1, -0.05) is 0 Å². The molecule has 0 aromatic heterocycles. The van der Waals surface area contributed by atoms with Crippen LogP contribution >= 0.6 is 0 Å². The highest BCUT2D eigenvalue weighted by molar-refractivity contribution is 5.80. The van der Waals surface area contributed by atoms with E-state index in [1.165, 1.54) is 0 Å². The lowest BCUT2D eigenvalue weighted by Crippen LogP contribution is -2.55. The zero-order chi connectivity index (χ0) is 11.8. The van der Waals surface area contributed by atoms with Crippen molar-refractivity contribution in [2.24, 2.45) is 5.92 Å². The first-order valence-electron chi connectivity index (χ1n) is 5.80. The molecule has 0 spiro atoms. The first kappa shape index (κ1) is 11.4. The second-order valence-corrected chi connectivity index (χ2v) is 4.81. The van der Waals surface area contributed by atoms with E-state index >= 15 is 0 Å². The Bertz CT molecular complexity index is 314. The van der Waals surface area contributed by atoms with Crippen LogP contribution in [0.15, 0.2) is 0 Å². The lowest BCUT2D eigenvalue weighted by molar-refractivity contribution is -0.152. The Morgan fingerprint density at radius 2 is 2.19 bits per heavy atom. The normalized spacial score (nSPS) is 26.7.